The molecule has 0 saturated heterocycles. The summed E-state index contributed by atoms with van der Waals surface area (Å²) in [5, 5.41) is 4.35. The van der Waals surface area contributed by atoms with Crippen molar-refractivity contribution in [3.8, 4) is 11.5 Å². The number of para-hydroxylation sites is 1. The first-order chi connectivity index (χ1) is 12.2. The smallest absolute Gasteiger partial charge is 0.272 e. The van der Waals surface area contributed by atoms with Crippen LogP contribution in [0.2, 0.25) is 5.02 Å². The van der Waals surface area contributed by atoms with E-state index in [-0.39, 0.29) is 5.91 Å². The van der Waals surface area contributed by atoms with Crippen molar-refractivity contribution < 1.29 is 9.53 Å². The van der Waals surface area contributed by atoms with Gasteiger partial charge in [-0.2, -0.15) is 5.10 Å². The zero-order valence-electron chi connectivity index (χ0n) is 13.2. The summed E-state index contributed by atoms with van der Waals surface area (Å²) in [6.07, 6.45) is 1.55. The van der Waals surface area contributed by atoms with E-state index >= 15 is 0 Å². The molecule has 0 heterocycles. The van der Waals surface area contributed by atoms with Crippen molar-refractivity contribution in [1.29, 1.82) is 0 Å². The zero-order valence-corrected chi connectivity index (χ0v) is 14.0. The number of nitrogens with one attached hydrogen (secondary N) is 1. The topological polar surface area (TPSA) is 50.7 Å². The van der Waals surface area contributed by atoms with Crippen LogP contribution in [0.25, 0.3) is 0 Å². The second-order valence-electron chi connectivity index (χ2n) is 5.17. The van der Waals surface area contributed by atoms with E-state index in [0.29, 0.717) is 16.3 Å². The lowest BCUT2D eigenvalue weighted by molar-refractivity contribution is 0.0955. The number of ether oxygens (including phenoxy) is 1. The molecule has 0 aliphatic rings. The van der Waals surface area contributed by atoms with E-state index in [1.165, 1.54) is 0 Å². The van der Waals surface area contributed by atoms with Crippen LogP contribution in [0.4, 0.5) is 0 Å². The number of carbonyl (C=O) groups excluding carboxylic acids is 1. The highest BCUT2D eigenvalue weighted by Gasteiger charge is 2.07. The molecule has 3 aromatic carbocycles. The lowest BCUT2D eigenvalue weighted by Crippen LogP contribution is -2.17. The lowest BCUT2D eigenvalue weighted by Gasteiger charge is -2.06. The van der Waals surface area contributed by atoms with Crippen LogP contribution in [0.3, 0.4) is 0 Å². The molecule has 0 bridgehead atoms. The van der Waals surface area contributed by atoms with Crippen molar-refractivity contribution in [3.63, 3.8) is 0 Å². The molecule has 0 spiro atoms. The maximum Gasteiger partial charge on any atom is 0.272 e. The Labute approximate surface area is 150 Å². The Bertz CT molecular complexity index is 895. The van der Waals surface area contributed by atoms with Gasteiger partial charge in [-0.05, 0) is 42.0 Å². The van der Waals surface area contributed by atoms with E-state index in [4.69, 9.17) is 16.3 Å². The number of hydrogen-bond donors (Lipinski definition) is 1. The van der Waals surface area contributed by atoms with Gasteiger partial charge in [0.15, 0.2) is 0 Å². The van der Waals surface area contributed by atoms with Crippen LogP contribution in [0.5, 0.6) is 11.5 Å². The molecule has 25 heavy (non-hydrogen) atoms. The van der Waals surface area contributed by atoms with E-state index in [1.807, 2.05) is 54.6 Å². The first-order valence-electron chi connectivity index (χ1n) is 7.63. The van der Waals surface area contributed by atoms with Crippen molar-refractivity contribution >= 4 is 23.7 Å². The molecular formula is C20H15ClN2O2. The number of halogens is 1. The number of hydrazone groups is 1. The van der Waals surface area contributed by atoms with Gasteiger partial charge in [-0.15, -0.1) is 0 Å². The summed E-state index contributed by atoms with van der Waals surface area (Å²) in [6.45, 7) is 0. The number of carbonyl (C=O) groups is 1. The van der Waals surface area contributed by atoms with Gasteiger partial charge >= 0.3 is 0 Å². The van der Waals surface area contributed by atoms with E-state index in [9.17, 15) is 4.79 Å². The Morgan fingerprint density at radius 1 is 0.920 bits per heavy atom. The van der Waals surface area contributed by atoms with Gasteiger partial charge < -0.3 is 4.74 Å². The molecule has 124 valence electrons. The molecule has 5 heteroatoms. The Morgan fingerprint density at radius 3 is 2.44 bits per heavy atom. The monoisotopic (exact) mass is 350 g/mol. The predicted octanol–water partition coefficient (Wildman–Crippen LogP) is 4.90. The minimum Gasteiger partial charge on any atom is -0.457 e. The summed E-state index contributed by atoms with van der Waals surface area (Å²) in [5.74, 6) is 1.08. The molecule has 1 amide bonds. The zero-order chi connectivity index (χ0) is 17.5. The van der Waals surface area contributed by atoms with Crippen molar-refractivity contribution in [2.24, 2.45) is 5.10 Å². The maximum absolute atomic E-state index is 12.0. The minimum absolute atomic E-state index is 0.362. The van der Waals surface area contributed by atoms with Crippen LogP contribution in [-0.2, 0) is 0 Å². The Hall–Kier alpha value is -3.11. The van der Waals surface area contributed by atoms with Gasteiger partial charge in [0.25, 0.3) is 5.91 Å². The number of hydrogen-bond acceptors (Lipinski definition) is 3. The highest BCUT2D eigenvalue weighted by molar-refractivity contribution is 6.33. The molecule has 0 unspecified atom stereocenters. The van der Waals surface area contributed by atoms with Crippen LogP contribution in [0.15, 0.2) is 84.0 Å². The second kappa shape index (κ2) is 8.13. The van der Waals surface area contributed by atoms with Gasteiger partial charge in [-0.3, -0.25) is 4.79 Å². The summed E-state index contributed by atoms with van der Waals surface area (Å²) >= 11 is 5.98. The minimum atomic E-state index is -0.362. The maximum atomic E-state index is 12.0. The molecule has 1 N–H and O–H groups in total. The van der Waals surface area contributed by atoms with Gasteiger partial charge in [0.2, 0.25) is 0 Å². The van der Waals surface area contributed by atoms with E-state index in [2.05, 4.69) is 10.5 Å². The molecule has 0 aliphatic carbocycles. The highest BCUT2D eigenvalue weighted by Crippen LogP contribution is 2.21. The van der Waals surface area contributed by atoms with Gasteiger partial charge in [-0.1, -0.05) is 54.1 Å². The summed E-state index contributed by atoms with van der Waals surface area (Å²) in [5.41, 5.74) is 3.64. The first kappa shape index (κ1) is 16.7. The fourth-order valence-corrected chi connectivity index (χ4v) is 2.38. The average molecular weight is 351 g/mol. The lowest BCUT2D eigenvalue weighted by atomic mass is 10.2. The molecule has 0 atom stereocenters. The molecule has 3 aromatic rings. The van der Waals surface area contributed by atoms with Gasteiger partial charge in [0.05, 0.1) is 16.8 Å². The third-order valence-electron chi connectivity index (χ3n) is 3.34. The second-order valence-corrected chi connectivity index (χ2v) is 5.57. The molecule has 4 nitrogen and oxygen atoms in total. The van der Waals surface area contributed by atoms with Crippen LogP contribution in [-0.4, -0.2) is 12.1 Å². The highest BCUT2D eigenvalue weighted by atomic mass is 35.5. The number of nitrogens with zero attached hydrogens (tertiary/aromatic N) is 1. The fourth-order valence-electron chi connectivity index (χ4n) is 2.15. The largest absolute Gasteiger partial charge is 0.457 e. The van der Waals surface area contributed by atoms with E-state index in [0.717, 1.165) is 11.3 Å². The normalized spacial score (nSPS) is 10.6. The molecule has 0 aliphatic heterocycles. The van der Waals surface area contributed by atoms with Crippen molar-refractivity contribution in [3.05, 3.63) is 95.0 Å². The Kier molecular flexibility index (Phi) is 5.44. The van der Waals surface area contributed by atoms with Crippen LogP contribution in [0.1, 0.15) is 15.9 Å². The van der Waals surface area contributed by atoms with E-state index in [1.54, 1.807) is 30.5 Å². The van der Waals surface area contributed by atoms with Crippen molar-refractivity contribution in [2.75, 3.05) is 0 Å². The van der Waals surface area contributed by atoms with Crippen LogP contribution < -0.4 is 10.2 Å². The predicted molar refractivity (Wildman–Crippen MR) is 99.5 cm³/mol. The van der Waals surface area contributed by atoms with Gasteiger partial charge in [-0.25, -0.2) is 5.43 Å². The third-order valence-corrected chi connectivity index (χ3v) is 3.66. The average Bonchev–Trinajstić information content (AvgIpc) is 2.63. The Morgan fingerprint density at radius 2 is 1.64 bits per heavy atom. The van der Waals surface area contributed by atoms with Crippen molar-refractivity contribution in [1.82, 2.24) is 5.43 Å². The molecule has 0 saturated carbocycles. The summed E-state index contributed by atoms with van der Waals surface area (Å²) in [6, 6.07) is 23.7. The van der Waals surface area contributed by atoms with Gasteiger partial charge in [0.1, 0.15) is 11.5 Å². The SMILES string of the molecule is O=C(N/N=C\c1cccc(Oc2ccccc2)c1)c1ccccc1Cl. The fraction of sp³-hybridized carbons (Fsp3) is 0. The summed E-state index contributed by atoms with van der Waals surface area (Å²) in [4.78, 5) is 12.0. The van der Waals surface area contributed by atoms with Crippen molar-refractivity contribution in [2.45, 2.75) is 0 Å². The Balaban J connectivity index is 1.65. The standard InChI is InChI=1S/C20H15ClN2O2/c21-19-12-5-4-11-18(19)20(24)23-22-14-15-7-6-10-17(13-15)25-16-8-2-1-3-9-16/h1-14H,(H,23,24)/b22-14-. The number of amides is 1. The van der Waals surface area contributed by atoms with Crippen LogP contribution in [0, 0.1) is 0 Å². The molecular weight excluding hydrogens is 336 g/mol. The van der Waals surface area contributed by atoms with E-state index < -0.39 is 0 Å². The molecule has 0 aromatic heterocycles. The van der Waals surface area contributed by atoms with Crippen LogP contribution >= 0.6 is 11.6 Å². The third kappa shape index (κ3) is 4.68. The summed E-state index contributed by atoms with van der Waals surface area (Å²) < 4.78 is 5.77. The summed E-state index contributed by atoms with van der Waals surface area (Å²) in [7, 11) is 0. The molecule has 0 fully saturated rings. The molecule has 3 rings (SSSR count). The first-order valence-corrected chi connectivity index (χ1v) is 8.01. The van der Waals surface area contributed by atoms with Gasteiger partial charge in [0, 0.05) is 0 Å². The number of rotatable bonds is 5. The quantitative estimate of drug-likeness (QED) is 0.525. The molecule has 0 radical (unpaired) electrons. The number of benzene rings is 3.